The van der Waals surface area contributed by atoms with Gasteiger partial charge in [-0.1, -0.05) is 18.7 Å². The predicted octanol–water partition coefficient (Wildman–Crippen LogP) is 1.61. The third kappa shape index (κ3) is 3.05. The molecule has 0 radical (unpaired) electrons. The monoisotopic (exact) mass is 400 g/mol. The molecule has 1 fully saturated rings. The zero-order valence-electron chi connectivity index (χ0n) is 13.9. The van der Waals surface area contributed by atoms with Crippen LogP contribution in [0.2, 0.25) is 0 Å². The average molecular weight is 401 g/mol. The van der Waals surface area contributed by atoms with E-state index in [0.29, 0.717) is 11.7 Å². The van der Waals surface area contributed by atoms with E-state index in [0.717, 1.165) is 41.5 Å². The van der Waals surface area contributed by atoms with Crippen molar-refractivity contribution in [3.63, 3.8) is 0 Å². The molecule has 1 aliphatic carbocycles. The zero-order chi connectivity index (χ0) is 17.8. The Hall–Kier alpha value is -0.900. The topological polar surface area (TPSA) is 89.3 Å². The summed E-state index contributed by atoms with van der Waals surface area (Å²) in [5.74, 6) is -0.280. The number of thioether (sulfide) groups is 1. The Morgan fingerprint density at radius 3 is 2.84 bits per heavy atom. The lowest BCUT2D eigenvalue weighted by molar-refractivity contribution is 0.207. The van der Waals surface area contributed by atoms with Gasteiger partial charge >= 0.3 is 0 Å². The Balaban J connectivity index is 1.80. The quantitative estimate of drug-likeness (QED) is 0.785. The Labute approximate surface area is 154 Å². The average Bonchev–Trinajstić information content (AvgIpc) is 3.16. The Bertz CT molecular complexity index is 993. The molecule has 2 aromatic rings. The molecule has 136 valence electrons. The second kappa shape index (κ2) is 6.37. The van der Waals surface area contributed by atoms with Crippen LogP contribution >= 0.6 is 23.1 Å². The first kappa shape index (κ1) is 17.5. The minimum Gasteiger partial charge on any atom is -0.391 e. The van der Waals surface area contributed by atoms with Crippen LogP contribution in [0.5, 0.6) is 0 Å². The minimum atomic E-state index is -3.22. The van der Waals surface area contributed by atoms with E-state index in [1.807, 2.05) is 6.92 Å². The lowest BCUT2D eigenvalue weighted by Crippen LogP contribution is -2.26. The van der Waals surface area contributed by atoms with E-state index in [1.165, 1.54) is 16.6 Å². The molecule has 0 bridgehead atoms. The van der Waals surface area contributed by atoms with E-state index >= 15 is 0 Å². The molecule has 1 aliphatic heterocycles. The summed E-state index contributed by atoms with van der Waals surface area (Å²) in [6, 6.07) is 0. The second-order valence-corrected chi connectivity index (χ2v) is 11.1. The van der Waals surface area contributed by atoms with E-state index < -0.39 is 21.2 Å². The van der Waals surface area contributed by atoms with Crippen molar-refractivity contribution in [2.24, 2.45) is 0 Å². The fourth-order valence-corrected chi connectivity index (χ4v) is 8.52. The highest BCUT2D eigenvalue weighted by Gasteiger charge is 2.38. The summed E-state index contributed by atoms with van der Waals surface area (Å²) in [5, 5.41) is 10.9. The van der Waals surface area contributed by atoms with Gasteiger partial charge in [-0.25, -0.2) is 13.4 Å². The number of rotatable bonds is 4. The Morgan fingerprint density at radius 2 is 2.16 bits per heavy atom. The maximum absolute atomic E-state index is 13.1. The van der Waals surface area contributed by atoms with Crippen LogP contribution in [0, 0.1) is 0 Å². The van der Waals surface area contributed by atoms with Gasteiger partial charge in [0.15, 0.2) is 15.0 Å². The number of sulfone groups is 1. The maximum Gasteiger partial charge on any atom is 0.263 e. The molecule has 2 aromatic heterocycles. The van der Waals surface area contributed by atoms with Crippen LogP contribution in [-0.2, 0) is 29.2 Å². The molecule has 2 atom stereocenters. The summed E-state index contributed by atoms with van der Waals surface area (Å²) < 4.78 is 25.2. The van der Waals surface area contributed by atoms with E-state index in [9.17, 15) is 18.3 Å². The summed E-state index contributed by atoms with van der Waals surface area (Å²) in [4.78, 5) is 19.8. The van der Waals surface area contributed by atoms with Gasteiger partial charge in [0.25, 0.3) is 5.56 Å². The van der Waals surface area contributed by atoms with Crippen LogP contribution < -0.4 is 5.56 Å². The van der Waals surface area contributed by atoms with Gasteiger partial charge in [-0.3, -0.25) is 9.36 Å². The molecular formula is C16H20N2O4S3. The summed E-state index contributed by atoms with van der Waals surface area (Å²) in [7, 11) is -3.22. The van der Waals surface area contributed by atoms with E-state index in [-0.39, 0.29) is 17.1 Å². The van der Waals surface area contributed by atoms with Crippen molar-refractivity contribution >= 4 is 43.2 Å². The molecule has 4 rings (SSSR count). The van der Waals surface area contributed by atoms with Gasteiger partial charge in [-0.05, 0) is 31.2 Å². The molecule has 0 saturated carbocycles. The van der Waals surface area contributed by atoms with E-state index in [4.69, 9.17) is 4.98 Å². The van der Waals surface area contributed by atoms with Crippen molar-refractivity contribution in [1.29, 1.82) is 0 Å². The molecule has 25 heavy (non-hydrogen) atoms. The van der Waals surface area contributed by atoms with E-state index in [1.54, 1.807) is 15.9 Å². The summed E-state index contributed by atoms with van der Waals surface area (Å²) >= 11 is 2.81. The third-order valence-electron chi connectivity index (χ3n) is 4.77. The third-order valence-corrected chi connectivity index (χ3v) is 9.19. The van der Waals surface area contributed by atoms with Gasteiger partial charge < -0.3 is 5.11 Å². The number of fused-ring (bicyclic) bond motifs is 3. The number of hydrogen-bond donors (Lipinski definition) is 1. The second-order valence-electron chi connectivity index (χ2n) is 6.69. The largest absolute Gasteiger partial charge is 0.391 e. The van der Waals surface area contributed by atoms with Crippen LogP contribution in [0.4, 0.5) is 0 Å². The highest BCUT2D eigenvalue weighted by molar-refractivity contribution is 8.01. The van der Waals surface area contributed by atoms with Crippen molar-refractivity contribution in [1.82, 2.24) is 9.55 Å². The molecule has 2 aliphatic rings. The Kier molecular flexibility index (Phi) is 4.46. The van der Waals surface area contributed by atoms with E-state index in [2.05, 4.69) is 0 Å². The number of aliphatic hydroxyl groups is 1. The van der Waals surface area contributed by atoms with Crippen LogP contribution in [0.25, 0.3) is 10.2 Å². The fourth-order valence-electron chi connectivity index (χ4n) is 3.61. The smallest absolute Gasteiger partial charge is 0.263 e. The number of thiophene rings is 1. The highest BCUT2D eigenvalue weighted by Crippen LogP contribution is 2.37. The van der Waals surface area contributed by atoms with Gasteiger partial charge in [0.2, 0.25) is 0 Å². The number of nitrogens with zero attached hydrogens (tertiary/aromatic N) is 2. The molecule has 3 heterocycles. The first-order valence-corrected chi connectivity index (χ1v) is 12.0. The van der Waals surface area contributed by atoms with Crippen molar-refractivity contribution in [2.45, 2.75) is 55.7 Å². The minimum absolute atomic E-state index is 0.0240. The normalized spacial score (nSPS) is 24.9. The maximum atomic E-state index is 13.1. The number of hydrogen-bond acceptors (Lipinski definition) is 7. The molecule has 1 saturated heterocycles. The Morgan fingerprint density at radius 1 is 1.36 bits per heavy atom. The standard InChI is InChI=1S/C16H20N2O4S3/c1-2-6-18-15(20)13-9-4-3-5-11(9)23-14(13)17-16(18)24-12-8-25(21,22)7-10(12)19/h10,12,19H,2-8H2,1H3/t10-,12+/m0/s1. The lowest BCUT2D eigenvalue weighted by atomic mass is 10.2. The van der Waals surface area contributed by atoms with Gasteiger partial charge in [0.05, 0.1) is 28.2 Å². The van der Waals surface area contributed by atoms with Gasteiger partial charge in [-0.15, -0.1) is 11.3 Å². The van der Waals surface area contributed by atoms with Gasteiger partial charge in [-0.2, -0.15) is 0 Å². The van der Waals surface area contributed by atoms with Crippen LogP contribution in [0.1, 0.15) is 30.2 Å². The number of aliphatic hydroxyl groups excluding tert-OH is 1. The molecule has 1 N–H and O–H groups in total. The highest BCUT2D eigenvalue weighted by atomic mass is 32.2. The molecule has 0 aromatic carbocycles. The van der Waals surface area contributed by atoms with Crippen molar-refractivity contribution in [2.75, 3.05) is 11.5 Å². The number of aryl methyl sites for hydroxylation is 2. The predicted molar refractivity (Wildman–Crippen MR) is 101 cm³/mol. The van der Waals surface area contributed by atoms with Gasteiger partial charge in [0.1, 0.15) is 4.83 Å². The first-order chi connectivity index (χ1) is 11.9. The summed E-state index contributed by atoms with van der Waals surface area (Å²) in [5.41, 5.74) is 1.13. The molecule has 0 amide bonds. The van der Waals surface area contributed by atoms with Crippen molar-refractivity contribution in [3.8, 4) is 0 Å². The first-order valence-electron chi connectivity index (χ1n) is 8.50. The van der Waals surface area contributed by atoms with Gasteiger partial charge in [0, 0.05) is 11.4 Å². The number of aromatic nitrogens is 2. The fraction of sp³-hybridized carbons (Fsp3) is 0.625. The summed E-state index contributed by atoms with van der Waals surface area (Å²) in [6.45, 7) is 2.54. The van der Waals surface area contributed by atoms with Crippen molar-refractivity contribution < 1.29 is 13.5 Å². The lowest BCUT2D eigenvalue weighted by Gasteiger charge is -2.16. The van der Waals surface area contributed by atoms with Crippen LogP contribution in [0.3, 0.4) is 0 Å². The molecule has 0 spiro atoms. The molecule has 6 nitrogen and oxygen atoms in total. The van der Waals surface area contributed by atoms with Crippen molar-refractivity contribution in [3.05, 3.63) is 20.8 Å². The SMILES string of the molecule is CCCn1c(S[C@@H]2CS(=O)(=O)C[C@@H]2O)nc2sc3c(c2c1=O)CCC3. The van der Waals surface area contributed by atoms with Crippen LogP contribution in [0.15, 0.2) is 9.95 Å². The molecule has 9 heteroatoms. The zero-order valence-corrected chi connectivity index (χ0v) is 16.3. The summed E-state index contributed by atoms with van der Waals surface area (Å²) in [6.07, 6.45) is 2.91. The van der Waals surface area contributed by atoms with Crippen LogP contribution in [-0.4, -0.2) is 45.9 Å². The molecular weight excluding hydrogens is 380 g/mol. The molecule has 0 unspecified atom stereocenters.